The molecule has 6 heteroatoms. The molecule has 0 radical (unpaired) electrons. The number of carbonyl (C=O) groups excluding carboxylic acids is 1. The number of anilines is 2. The Morgan fingerprint density at radius 1 is 1.08 bits per heavy atom. The summed E-state index contributed by atoms with van der Waals surface area (Å²) in [5.74, 6) is 0.266. The van der Waals surface area contributed by atoms with E-state index in [1.54, 1.807) is 6.20 Å². The number of benzene rings is 2. The Balaban J connectivity index is 0.00000208. The van der Waals surface area contributed by atoms with Crippen molar-refractivity contribution in [3.8, 4) is 11.3 Å². The second kappa shape index (κ2) is 7.19. The molecule has 0 fully saturated rings. The Bertz CT molecular complexity index is 835. The fourth-order valence-electron chi connectivity index (χ4n) is 2.53. The molecule has 2 aromatic carbocycles. The number of aromatic amines is 1. The minimum Gasteiger partial charge on any atom is -0.369 e. The number of nitrogens with two attached hydrogens (primary N) is 1. The number of hydrogen-bond acceptors (Lipinski definition) is 3. The number of amides is 1. The van der Waals surface area contributed by atoms with Gasteiger partial charge < -0.3 is 16.0 Å². The molecule has 3 rings (SSSR count). The van der Waals surface area contributed by atoms with Crippen LogP contribution in [-0.2, 0) is 0 Å². The van der Waals surface area contributed by atoms with Gasteiger partial charge in [-0.05, 0) is 43.7 Å². The van der Waals surface area contributed by atoms with Crippen molar-refractivity contribution in [1.82, 2.24) is 9.97 Å². The van der Waals surface area contributed by atoms with E-state index in [0.29, 0.717) is 11.5 Å². The first kappa shape index (κ1) is 17.6. The molecule has 0 aliphatic carbocycles. The van der Waals surface area contributed by atoms with Crippen LogP contribution in [0.1, 0.15) is 21.5 Å². The standard InChI is InChI=1S/C18H18N4O.ClH/c1-11-7-12(2)9-14(8-11)17(23)21-15-5-3-13(4-6-15)16-10-20-18(19)22-16;/h3-10H,1-2H3,(H,21,23)(H3,19,20,22);1H. The number of halogens is 1. The number of aryl methyl sites for hydroxylation is 2. The van der Waals surface area contributed by atoms with Crippen molar-refractivity contribution >= 4 is 29.9 Å². The van der Waals surface area contributed by atoms with Crippen molar-refractivity contribution in [2.24, 2.45) is 0 Å². The summed E-state index contributed by atoms with van der Waals surface area (Å²) in [6.45, 7) is 3.96. The van der Waals surface area contributed by atoms with Gasteiger partial charge in [0.15, 0.2) is 5.95 Å². The lowest BCUT2D eigenvalue weighted by atomic mass is 10.1. The second-order valence-corrected chi connectivity index (χ2v) is 5.59. The first-order valence-electron chi connectivity index (χ1n) is 7.32. The molecule has 4 N–H and O–H groups in total. The summed E-state index contributed by atoms with van der Waals surface area (Å²) in [5, 5.41) is 2.91. The lowest BCUT2D eigenvalue weighted by molar-refractivity contribution is 0.102. The van der Waals surface area contributed by atoms with E-state index in [0.717, 1.165) is 28.1 Å². The van der Waals surface area contributed by atoms with Crippen molar-refractivity contribution in [1.29, 1.82) is 0 Å². The van der Waals surface area contributed by atoms with Crippen LogP contribution in [0.5, 0.6) is 0 Å². The number of nitrogens with zero attached hydrogens (tertiary/aromatic N) is 1. The van der Waals surface area contributed by atoms with Gasteiger partial charge in [-0.2, -0.15) is 0 Å². The van der Waals surface area contributed by atoms with Crippen LogP contribution in [0.3, 0.4) is 0 Å². The number of carbonyl (C=O) groups is 1. The van der Waals surface area contributed by atoms with Gasteiger partial charge in [0.05, 0.1) is 11.9 Å². The molecule has 0 aliphatic heterocycles. The van der Waals surface area contributed by atoms with E-state index in [-0.39, 0.29) is 18.3 Å². The molecular formula is C18H19ClN4O. The molecule has 3 aromatic rings. The van der Waals surface area contributed by atoms with Crippen LogP contribution in [0.2, 0.25) is 0 Å². The van der Waals surface area contributed by atoms with E-state index >= 15 is 0 Å². The third kappa shape index (κ3) is 3.94. The van der Waals surface area contributed by atoms with E-state index in [4.69, 9.17) is 5.73 Å². The molecule has 0 spiro atoms. The first-order valence-corrected chi connectivity index (χ1v) is 7.32. The van der Waals surface area contributed by atoms with Crippen molar-refractivity contribution < 1.29 is 4.79 Å². The van der Waals surface area contributed by atoms with Crippen LogP contribution in [-0.4, -0.2) is 15.9 Å². The number of nitrogens with one attached hydrogen (secondary N) is 2. The van der Waals surface area contributed by atoms with Gasteiger partial charge in [-0.25, -0.2) is 4.98 Å². The van der Waals surface area contributed by atoms with E-state index in [9.17, 15) is 4.79 Å². The maximum atomic E-state index is 12.3. The van der Waals surface area contributed by atoms with Gasteiger partial charge in [-0.3, -0.25) is 4.79 Å². The van der Waals surface area contributed by atoms with Crippen LogP contribution in [0, 0.1) is 13.8 Å². The van der Waals surface area contributed by atoms with Gasteiger partial charge in [0, 0.05) is 11.3 Å². The molecule has 0 aliphatic rings. The average Bonchev–Trinajstić information content (AvgIpc) is 2.93. The number of imidazole rings is 1. The Morgan fingerprint density at radius 3 is 2.25 bits per heavy atom. The Morgan fingerprint density at radius 2 is 1.71 bits per heavy atom. The van der Waals surface area contributed by atoms with Crippen molar-refractivity contribution in [2.45, 2.75) is 13.8 Å². The molecule has 0 bridgehead atoms. The number of rotatable bonds is 3. The SMILES string of the molecule is Cc1cc(C)cc(C(=O)Nc2ccc(-c3cnc(N)[nH]3)cc2)c1.Cl. The molecule has 1 amide bonds. The van der Waals surface area contributed by atoms with Crippen molar-refractivity contribution in [3.05, 3.63) is 65.4 Å². The highest BCUT2D eigenvalue weighted by Gasteiger charge is 2.08. The second-order valence-electron chi connectivity index (χ2n) is 5.59. The summed E-state index contributed by atoms with van der Waals surface area (Å²) in [7, 11) is 0. The molecule has 0 saturated heterocycles. The maximum Gasteiger partial charge on any atom is 0.255 e. The van der Waals surface area contributed by atoms with Gasteiger partial charge in [0.1, 0.15) is 0 Å². The van der Waals surface area contributed by atoms with E-state index < -0.39 is 0 Å². The van der Waals surface area contributed by atoms with Crippen molar-refractivity contribution in [2.75, 3.05) is 11.1 Å². The number of nitrogen functional groups attached to an aromatic ring is 1. The lowest BCUT2D eigenvalue weighted by Gasteiger charge is -2.08. The predicted octanol–water partition coefficient (Wildman–Crippen LogP) is 3.95. The first-order chi connectivity index (χ1) is 11.0. The van der Waals surface area contributed by atoms with Gasteiger partial charge >= 0.3 is 0 Å². The quantitative estimate of drug-likeness (QED) is 0.673. The summed E-state index contributed by atoms with van der Waals surface area (Å²) < 4.78 is 0. The zero-order valence-corrected chi connectivity index (χ0v) is 14.3. The fraction of sp³-hybridized carbons (Fsp3) is 0.111. The molecule has 1 heterocycles. The van der Waals surface area contributed by atoms with Crippen LogP contribution < -0.4 is 11.1 Å². The highest BCUT2D eigenvalue weighted by atomic mass is 35.5. The Labute approximate surface area is 146 Å². The zero-order chi connectivity index (χ0) is 16.4. The van der Waals surface area contributed by atoms with Gasteiger partial charge in [0.2, 0.25) is 0 Å². The van der Waals surface area contributed by atoms with E-state index in [2.05, 4.69) is 15.3 Å². The summed E-state index contributed by atoms with van der Waals surface area (Å²) in [6.07, 6.45) is 1.68. The highest BCUT2D eigenvalue weighted by molar-refractivity contribution is 6.04. The molecule has 1 aromatic heterocycles. The Hall–Kier alpha value is -2.79. The smallest absolute Gasteiger partial charge is 0.255 e. The third-order valence-corrected chi connectivity index (χ3v) is 3.53. The Kier molecular flexibility index (Phi) is 5.26. The minimum atomic E-state index is -0.115. The highest BCUT2D eigenvalue weighted by Crippen LogP contribution is 2.20. The molecule has 0 atom stereocenters. The van der Waals surface area contributed by atoms with Crippen LogP contribution >= 0.6 is 12.4 Å². The monoisotopic (exact) mass is 342 g/mol. The van der Waals surface area contributed by atoms with Gasteiger partial charge in [-0.1, -0.05) is 29.3 Å². The lowest BCUT2D eigenvalue weighted by Crippen LogP contribution is -2.12. The summed E-state index contributed by atoms with van der Waals surface area (Å²) in [6, 6.07) is 13.3. The minimum absolute atomic E-state index is 0. The molecule has 0 unspecified atom stereocenters. The average molecular weight is 343 g/mol. The predicted molar refractivity (Wildman–Crippen MR) is 99.6 cm³/mol. The maximum absolute atomic E-state index is 12.3. The molecular weight excluding hydrogens is 324 g/mol. The number of H-pyrrole nitrogens is 1. The normalized spacial score (nSPS) is 10.1. The molecule has 0 saturated carbocycles. The fourth-order valence-corrected chi connectivity index (χ4v) is 2.53. The molecule has 5 nitrogen and oxygen atoms in total. The number of aromatic nitrogens is 2. The third-order valence-electron chi connectivity index (χ3n) is 3.53. The topological polar surface area (TPSA) is 83.8 Å². The van der Waals surface area contributed by atoms with Gasteiger partial charge in [0.25, 0.3) is 5.91 Å². The van der Waals surface area contributed by atoms with Crippen LogP contribution in [0.4, 0.5) is 11.6 Å². The summed E-state index contributed by atoms with van der Waals surface area (Å²) >= 11 is 0. The zero-order valence-electron chi connectivity index (χ0n) is 13.5. The number of hydrogen-bond donors (Lipinski definition) is 3. The van der Waals surface area contributed by atoms with E-state index in [1.165, 1.54) is 0 Å². The van der Waals surface area contributed by atoms with Crippen LogP contribution in [0.25, 0.3) is 11.3 Å². The molecule has 24 heavy (non-hydrogen) atoms. The largest absolute Gasteiger partial charge is 0.369 e. The van der Waals surface area contributed by atoms with Crippen molar-refractivity contribution in [3.63, 3.8) is 0 Å². The summed E-state index contributed by atoms with van der Waals surface area (Å²) in [4.78, 5) is 19.3. The van der Waals surface area contributed by atoms with Crippen LogP contribution in [0.15, 0.2) is 48.7 Å². The van der Waals surface area contributed by atoms with Gasteiger partial charge in [-0.15, -0.1) is 12.4 Å². The van der Waals surface area contributed by atoms with E-state index in [1.807, 2.05) is 56.3 Å². The summed E-state index contributed by atoms with van der Waals surface area (Å²) in [5.41, 5.74) is 10.9. The molecule has 124 valence electrons.